The SMILES string of the molecule is O=C(N[C@@H](C1CC1)C(F)(F)F)c1cn(-c2c(F)cc(F)cc2F)c2nc(N3C[C@@H](O)[C@H](O)C3)c(F)cc2c1=O. The van der Waals surface area contributed by atoms with Gasteiger partial charge in [0.25, 0.3) is 5.91 Å². The summed E-state index contributed by atoms with van der Waals surface area (Å²) in [7, 11) is 0. The number of hydrogen-bond donors (Lipinski definition) is 3. The van der Waals surface area contributed by atoms with Crippen LogP contribution in [0.25, 0.3) is 16.7 Å². The summed E-state index contributed by atoms with van der Waals surface area (Å²) < 4.78 is 99.3. The Labute approximate surface area is 214 Å². The average molecular weight is 560 g/mol. The van der Waals surface area contributed by atoms with Crippen molar-refractivity contribution in [3.63, 3.8) is 0 Å². The maximum Gasteiger partial charge on any atom is 0.408 e. The van der Waals surface area contributed by atoms with E-state index in [1.165, 1.54) is 0 Å². The Morgan fingerprint density at radius 1 is 1.00 bits per heavy atom. The zero-order valence-corrected chi connectivity index (χ0v) is 19.6. The van der Waals surface area contributed by atoms with E-state index in [9.17, 15) is 46.1 Å². The van der Waals surface area contributed by atoms with Gasteiger partial charge >= 0.3 is 6.18 Å². The lowest BCUT2D eigenvalue weighted by Gasteiger charge is -2.22. The smallest absolute Gasteiger partial charge is 0.389 e. The van der Waals surface area contributed by atoms with Crippen LogP contribution in [0.15, 0.2) is 29.2 Å². The molecule has 2 fully saturated rings. The number of carbonyl (C=O) groups is 1. The first-order valence-corrected chi connectivity index (χ1v) is 11.7. The summed E-state index contributed by atoms with van der Waals surface area (Å²) >= 11 is 0. The quantitative estimate of drug-likeness (QED) is 0.415. The number of alkyl halides is 3. The number of hydrogen-bond acceptors (Lipinski definition) is 6. The molecule has 3 aromatic rings. The van der Waals surface area contributed by atoms with Gasteiger partial charge in [0.05, 0.1) is 17.6 Å². The van der Waals surface area contributed by atoms with Gasteiger partial charge in [0.15, 0.2) is 28.9 Å². The molecule has 1 aliphatic carbocycles. The number of rotatable bonds is 5. The number of β-amino-alcohol motifs (C(OH)–C–C–N with tert-alkyl or cyclic N) is 2. The Kier molecular flexibility index (Phi) is 6.53. The molecule has 0 spiro atoms. The third kappa shape index (κ3) is 4.91. The number of fused-ring (bicyclic) bond motifs is 1. The van der Waals surface area contributed by atoms with E-state index in [1.54, 1.807) is 5.32 Å². The average Bonchev–Trinajstić information content (AvgIpc) is 3.61. The van der Waals surface area contributed by atoms with Crippen LogP contribution in [0.1, 0.15) is 23.2 Å². The number of halogens is 7. The van der Waals surface area contributed by atoms with Crippen molar-refractivity contribution in [2.45, 2.75) is 37.3 Å². The van der Waals surface area contributed by atoms with Crippen LogP contribution in [0, 0.1) is 29.2 Å². The fourth-order valence-corrected chi connectivity index (χ4v) is 4.59. The van der Waals surface area contributed by atoms with Crippen LogP contribution in [-0.4, -0.2) is 63.2 Å². The molecule has 0 unspecified atom stereocenters. The fraction of sp³-hybridized carbons (Fsp3) is 0.375. The van der Waals surface area contributed by atoms with E-state index < -0.39 is 93.1 Å². The van der Waals surface area contributed by atoms with Gasteiger partial charge in [0, 0.05) is 31.4 Å². The predicted octanol–water partition coefficient (Wildman–Crippen LogP) is 2.55. The molecule has 1 amide bonds. The number of anilines is 1. The Bertz CT molecular complexity index is 1510. The molecule has 39 heavy (non-hydrogen) atoms. The highest BCUT2D eigenvalue weighted by atomic mass is 19.4. The molecule has 0 radical (unpaired) electrons. The lowest BCUT2D eigenvalue weighted by Crippen LogP contribution is -2.48. The van der Waals surface area contributed by atoms with Gasteiger partial charge in [0.2, 0.25) is 5.43 Å². The Balaban J connectivity index is 1.72. The molecule has 8 nitrogen and oxygen atoms in total. The first-order valence-electron chi connectivity index (χ1n) is 11.7. The van der Waals surface area contributed by atoms with Crippen LogP contribution in [0.2, 0.25) is 0 Å². The minimum Gasteiger partial charge on any atom is -0.389 e. The monoisotopic (exact) mass is 560 g/mol. The van der Waals surface area contributed by atoms with Crippen molar-refractivity contribution in [2.75, 3.05) is 18.0 Å². The number of nitrogens with zero attached hydrogens (tertiary/aromatic N) is 3. The highest BCUT2D eigenvalue weighted by Crippen LogP contribution is 2.40. The normalized spacial score (nSPS) is 20.5. The summed E-state index contributed by atoms with van der Waals surface area (Å²) in [4.78, 5) is 31.1. The van der Waals surface area contributed by atoms with Crippen molar-refractivity contribution in [1.82, 2.24) is 14.9 Å². The number of aromatic nitrogens is 2. The Morgan fingerprint density at radius 2 is 1.59 bits per heavy atom. The zero-order valence-electron chi connectivity index (χ0n) is 19.6. The summed E-state index contributed by atoms with van der Waals surface area (Å²) in [6, 6.07) is -1.15. The van der Waals surface area contributed by atoms with Crippen LogP contribution >= 0.6 is 0 Å². The third-order valence-corrected chi connectivity index (χ3v) is 6.67. The van der Waals surface area contributed by atoms with Gasteiger partial charge in [-0.05, 0) is 24.8 Å². The molecule has 1 saturated carbocycles. The van der Waals surface area contributed by atoms with E-state index in [-0.39, 0.29) is 38.1 Å². The number of pyridine rings is 2. The molecule has 1 aromatic carbocycles. The van der Waals surface area contributed by atoms with Crippen LogP contribution in [0.4, 0.5) is 36.6 Å². The second-order valence-corrected chi connectivity index (χ2v) is 9.49. The molecule has 1 aliphatic heterocycles. The minimum atomic E-state index is -4.85. The van der Waals surface area contributed by atoms with E-state index >= 15 is 4.39 Å². The minimum absolute atomic E-state index is 0.177. The number of amides is 1. The van der Waals surface area contributed by atoms with E-state index in [1.807, 2.05) is 0 Å². The number of carbonyl (C=O) groups excluding carboxylic acids is 1. The molecule has 1 saturated heterocycles. The Morgan fingerprint density at radius 3 is 2.13 bits per heavy atom. The van der Waals surface area contributed by atoms with Crippen molar-refractivity contribution in [3.8, 4) is 5.69 Å². The van der Waals surface area contributed by atoms with Gasteiger partial charge < -0.3 is 20.4 Å². The second kappa shape index (κ2) is 9.48. The molecule has 3 atom stereocenters. The largest absolute Gasteiger partial charge is 0.408 e. The fourth-order valence-electron chi connectivity index (χ4n) is 4.59. The van der Waals surface area contributed by atoms with Gasteiger partial charge in [-0.1, -0.05) is 0 Å². The van der Waals surface area contributed by atoms with Gasteiger partial charge in [0.1, 0.15) is 23.1 Å². The van der Waals surface area contributed by atoms with Gasteiger partial charge in [-0.25, -0.2) is 22.5 Å². The molecule has 3 N–H and O–H groups in total. The first-order chi connectivity index (χ1) is 18.3. The molecule has 2 aromatic heterocycles. The van der Waals surface area contributed by atoms with Gasteiger partial charge in [-0.3, -0.25) is 14.2 Å². The summed E-state index contributed by atoms with van der Waals surface area (Å²) in [6.45, 7) is -0.582. The molecule has 15 heteroatoms. The summed E-state index contributed by atoms with van der Waals surface area (Å²) in [6.07, 6.45) is -6.52. The van der Waals surface area contributed by atoms with Crippen molar-refractivity contribution in [2.24, 2.45) is 5.92 Å². The molecule has 3 heterocycles. The number of aliphatic hydroxyl groups excluding tert-OH is 2. The molecule has 208 valence electrons. The molecular formula is C24H19F7N4O4. The van der Waals surface area contributed by atoms with E-state index in [4.69, 9.17) is 0 Å². The number of nitrogens with one attached hydrogen (secondary N) is 1. The summed E-state index contributed by atoms with van der Waals surface area (Å²) in [5.41, 5.74) is -3.95. The zero-order chi connectivity index (χ0) is 28.4. The molecule has 0 bridgehead atoms. The van der Waals surface area contributed by atoms with E-state index in [0.717, 1.165) is 4.90 Å². The van der Waals surface area contributed by atoms with Crippen LogP contribution in [0.3, 0.4) is 0 Å². The van der Waals surface area contributed by atoms with E-state index in [2.05, 4.69) is 4.98 Å². The second-order valence-electron chi connectivity index (χ2n) is 9.49. The van der Waals surface area contributed by atoms with Crippen molar-refractivity contribution >= 4 is 22.8 Å². The van der Waals surface area contributed by atoms with Crippen LogP contribution in [-0.2, 0) is 0 Å². The molecule has 2 aliphatic rings. The van der Waals surface area contributed by atoms with Gasteiger partial charge in [-0.15, -0.1) is 0 Å². The third-order valence-electron chi connectivity index (χ3n) is 6.67. The Hall–Kier alpha value is -3.72. The van der Waals surface area contributed by atoms with Crippen molar-refractivity contribution in [1.29, 1.82) is 0 Å². The lowest BCUT2D eigenvalue weighted by atomic mass is 10.1. The number of benzene rings is 1. The van der Waals surface area contributed by atoms with E-state index in [0.29, 0.717) is 16.8 Å². The first kappa shape index (κ1) is 26.9. The lowest BCUT2D eigenvalue weighted by molar-refractivity contribution is -0.158. The molecular weight excluding hydrogens is 541 g/mol. The van der Waals surface area contributed by atoms with Crippen LogP contribution < -0.4 is 15.6 Å². The standard InChI is InChI=1S/C24H19F7N4O4/c25-10-3-13(26)18(14(27)4-10)35-6-12(23(39)32-20(9-1-2-9)24(29,30)31)19(38)11-5-15(28)22(33-21(11)35)34-7-16(36)17(37)8-34/h3-6,9,16-17,20,36-37H,1-2,7-8H2,(H,32,39)/t16-,17-,20+/m1/s1. The maximum atomic E-state index is 15.1. The maximum absolute atomic E-state index is 15.1. The molecule has 5 rings (SSSR count). The van der Waals surface area contributed by atoms with Gasteiger partial charge in [-0.2, -0.15) is 13.2 Å². The topological polar surface area (TPSA) is 108 Å². The van der Waals surface area contributed by atoms with Crippen molar-refractivity contribution in [3.05, 3.63) is 63.5 Å². The van der Waals surface area contributed by atoms with Crippen molar-refractivity contribution < 1.29 is 45.7 Å². The highest BCUT2D eigenvalue weighted by Gasteiger charge is 2.50. The highest BCUT2D eigenvalue weighted by molar-refractivity contribution is 5.97. The number of aliphatic hydroxyl groups is 2. The van der Waals surface area contributed by atoms with Crippen LogP contribution in [0.5, 0.6) is 0 Å². The summed E-state index contributed by atoms with van der Waals surface area (Å²) in [5, 5.41) is 20.7. The predicted molar refractivity (Wildman–Crippen MR) is 121 cm³/mol. The summed E-state index contributed by atoms with van der Waals surface area (Å²) in [5.74, 6) is -8.51.